The molecule has 1 aliphatic rings. The number of hydrogen-bond acceptors (Lipinski definition) is 3. The Morgan fingerprint density at radius 1 is 1.54 bits per heavy atom. The van der Waals surface area contributed by atoms with Gasteiger partial charge in [0.15, 0.2) is 0 Å². The topological polar surface area (TPSA) is 61.2 Å². The summed E-state index contributed by atoms with van der Waals surface area (Å²) < 4.78 is 24.4. The lowest BCUT2D eigenvalue weighted by Gasteiger charge is -2.16. The molecule has 1 rings (SSSR count). The van der Waals surface area contributed by atoms with Gasteiger partial charge in [-0.05, 0) is 18.8 Å². The van der Waals surface area contributed by atoms with Gasteiger partial charge in [0.1, 0.15) is 6.54 Å². The Morgan fingerprint density at radius 3 is 2.54 bits per heavy atom. The van der Waals surface area contributed by atoms with Gasteiger partial charge in [-0.15, -0.1) is 0 Å². The van der Waals surface area contributed by atoms with Crippen LogP contribution in [-0.4, -0.2) is 31.6 Å². The van der Waals surface area contributed by atoms with Gasteiger partial charge in [-0.25, -0.2) is 8.42 Å². The lowest BCUT2D eigenvalue weighted by molar-refractivity contribution is 0.460. The second kappa shape index (κ2) is 4.07. The predicted molar refractivity (Wildman–Crippen MR) is 49.4 cm³/mol. The van der Waals surface area contributed by atoms with E-state index in [0.29, 0.717) is 12.5 Å². The molecule has 0 amide bonds. The summed E-state index contributed by atoms with van der Waals surface area (Å²) in [5.41, 5.74) is 0. The Kier molecular flexibility index (Phi) is 3.28. The fourth-order valence-corrected chi connectivity index (χ4v) is 2.96. The first kappa shape index (κ1) is 10.5. The number of sulfonamides is 1. The molecule has 0 aromatic heterocycles. The fourth-order valence-electron chi connectivity index (χ4n) is 1.17. The highest BCUT2D eigenvalue weighted by Gasteiger charge is 2.31. The summed E-state index contributed by atoms with van der Waals surface area (Å²) >= 11 is 0. The van der Waals surface area contributed by atoms with Crippen LogP contribution in [0.5, 0.6) is 0 Å². The molecule has 0 saturated heterocycles. The molecule has 0 atom stereocenters. The van der Waals surface area contributed by atoms with Gasteiger partial charge in [-0.3, -0.25) is 0 Å². The average molecular weight is 202 g/mol. The van der Waals surface area contributed by atoms with E-state index in [1.807, 2.05) is 6.07 Å². The maximum Gasteiger partial charge on any atom is 0.215 e. The summed E-state index contributed by atoms with van der Waals surface area (Å²) in [6, 6.07) is 1.87. The molecule has 5 heteroatoms. The highest BCUT2D eigenvalue weighted by molar-refractivity contribution is 7.89. The summed E-state index contributed by atoms with van der Waals surface area (Å²) in [7, 11) is -3.16. The summed E-state index contributed by atoms with van der Waals surface area (Å²) in [5, 5.41) is 8.42. The van der Waals surface area contributed by atoms with Crippen molar-refractivity contribution in [1.82, 2.24) is 4.31 Å². The van der Waals surface area contributed by atoms with E-state index in [9.17, 15) is 8.42 Å². The number of nitrogens with zero attached hydrogens (tertiary/aromatic N) is 2. The van der Waals surface area contributed by atoms with Crippen molar-refractivity contribution in [3.63, 3.8) is 0 Å². The van der Waals surface area contributed by atoms with Gasteiger partial charge < -0.3 is 0 Å². The molecular weight excluding hydrogens is 188 g/mol. The predicted octanol–water partition coefficient (Wildman–Crippen LogP) is 0.572. The minimum atomic E-state index is -3.16. The summed E-state index contributed by atoms with van der Waals surface area (Å²) in [5.74, 6) is 0.570. The van der Waals surface area contributed by atoms with Crippen molar-refractivity contribution in [2.75, 3.05) is 18.8 Å². The third-order valence-electron chi connectivity index (χ3n) is 2.14. The van der Waals surface area contributed by atoms with E-state index in [0.717, 1.165) is 12.8 Å². The zero-order chi connectivity index (χ0) is 9.90. The van der Waals surface area contributed by atoms with Crippen LogP contribution in [0.3, 0.4) is 0 Å². The molecule has 4 nitrogen and oxygen atoms in total. The van der Waals surface area contributed by atoms with Crippen LogP contribution in [0.1, 0.15) is 19.8 Å². The van der Waals surface area contributed by atoms with E-state index in [4.69, 9.17) is 5.26 Å². The molecule has 1 saturated carbocycles. The molecule has 0 bridgehead atoms. The van der Waals surface area contributed by atoms with Gasteiger partial charge in [0, 0.05) is 6.54 Å². The molecular formula is C8H14N2O2S. The normalized spacial score (nSPS) is 17.3. The van der Waals surface area contributed by atoms with Crippen molar-refractivity contribution in [3.05, 3.63) is 0 Å². The van der Waals surface area contributed by atoms with E-state index in [1.54, 1.807) is 6.92 Å². The van der Waals surface area contributed by atoms with Crippen LogP contribution in [0.25, 0.3) is 0 Å². The molecule has 0 unspecified atom stereocenters. The Morgan fingerprint density at radius 2 is 2.15 bits per heavy atom. The minimum Gasteiger partial charge on any atom is -0.212 e. The van der Waals surface area contributed by atoms with E-state index >= 15 is 0 Å². The Bertz CT molecular complexity index is 301. The van der Waals surface area contributed by atoms with E-state index in [1.165, 1.54) is 4.31 Å². The van der Waals surface area contributed by atoms with Crippen molar-refractivity contribution < 1.29 is 8.42 Å². The molecule has 0 radical (unpaired) electrons. The standard InChI is InChI=1S/C8H14N2O2S/c1-2-10(6-5-9)13(11,12)7-8-3-4-8/h8H,2-4,6-7H2,1H3. The fraction of sp³-hybridized carbons (Fsp3) is 0.875. The van der Waals surface area contributed by atoms with Crippen molar-refractivity contribution in [1.29, 1.82) is 5.26 Å². The first-order valence-electron chi connectivity index (χ1n) is 4.45. The second-order valence-electron chi connectivity index (χ2n) is 3.31. The van der Waals surface area contributed by atoms with Gasteiger partial charge in [-0.2, -0.15) is 9.57 Å². The lowest BCUT2D eigenvalue weighted by atomic mass is 10.5. The maximum absolute atomic E-state index is 11.6. The van der Waals surface area contributed by atoms with Crippen molar-refractivity contribution in [2.24, 2.45) is 5.92 Å². The van der Waals surface area contributed by atoms with Gasteiger partial charge >= 0.3 is 0 Å². The number of nitriles is 1. The number of rotatable bonds is 5. The minimum absolute atomic E-state index is 0.0223. The summed E-state index contributed by atoms with van der Waals surface area (Å²) in [4.78, 5) is 0. The van der Waals surface area contributed by atoms with Crippen molar-refractivity contribution in [2.45, 2.75) is 19.8 Å². The van der Waals surface area contributed by atoms with Crippen molar-refractivity contribution in [3.8, 4) is 6.07 Å². The van der Waals surface area contributed by atoms with Crippen LogP contribution in [0.2, 0.25) is 0 Å². The van der Waals surface area contributed by atoms with E-state index in [2.05, 4.69) is 0 Å². The molecule has 0 aliphatic heterocycles. The molecule has 74 valence electrons. The molecule has 0 spiro atoms. The van der Waals surface area contributed by atoms with Gasteiger partial charge in [0.25, 0.3) is 0 Å². The Balaban J connectivity index is 2.58. The Hall–Kier alpha value is -0.600. The molecule has 0 aromatic rings. The van der Waals surface area contributed by atoms with Crippen LogP contribution in [-0.2, 0) is 10.0 Å². The van der Waals surface area contributed by atoms with Crippen LogP contribution >= 0.6 is 0 Å². The molecule has 1 aliphatic carbocycles. The summed E-state index contributed by atoms with van der Waals surface area (Å²) in [6.07, 6.45) is 2.03. The highest BCUT2D eigenvalue weighted by atomic mass is 32.2. The largest absolute Gasteiger partial charge is 0.215 e. The molecule has 0 N–H and O–H groups in total. The lowest BCUT2D eigenvalue weighted by Crippen LogP contribution is -2.33. The quantitative estimate of drug-likeness (QED) is 0.612. The third-order valence-corrected chi connectivity index (χ3v) is 4.20. The SMILES string of the molecule is CCN(CC#N)S(=O)(=O)CC1CC1. The van der Waals surface area contributed by atoms with Gasteiger partial charge in [0.2, 0.25) is 10.0 Å². The summed E-state index contributed by atoms with van der Waals surface area (Å²) in [6.45, 7) is 2.12. The molecule has 1 fully saturated rings. The van der Waals surface area contributed by atoms with Crippen LogP contribution in [0.15, 0.2) is 0 Å². The number of hydrogen-bond donors (Lipinski definition) is 0. The molecule has 13 heavy (non-hydrogen) atoms. The van der Waals surface area contributed by atoms with Gasteiger partial charge in [-0.1, -0.05) is 6.92 Å². The third kappa shape index (κ3) is 2.98. The Labute approximate surface area is 79.2 Å². The van der Waals surface area contributed by atoms with Crippen molar-refractivity contribution >= 4 is 10.0 Å². The van der Waals surface area contributed by atoms with Gasteiger partial charge in [0.05, 0.1) is 11.8 Å². The van der Waals surface area contributed by atoms with Crippen LogP contribution in [0.4, 0.5) is 0 Å². The first-order valence-corrected chi connectivity index (χ1v) is 6.06. The van der Waals surface area contributed by atoms with E-state index < -0.39 is 10.0 Å². The van der Waals surface area contributed by atoms with Crippen LogP contribution in [0, 0.1) is 17.2 Å². The smallest absolute Gasteiger partial charge is 0.212 e. The monoisotopic (exact) mass is 202 g/mol. The molecule has 0 heterocycles. The van der Waals surface area contributed by atoms with E-state index in [-0.39, 0.29) is 12.3 Å². The highest BCUT2D eigenvalue weighted by Crippen LogP contribution is 2.31. The average Bonchev–Trinajstić information content (AvgIpc) is 2.82. The second-order valence-corrected chi connectivity index (χ2v) is 5.32. The molecule has 0 aromatic carbocycles. The maximum atomic E-state index is 11.6. The van der Waals surface area contributed by atoms with Crippen LogP contribution < -0.4 is 0 Å². The zero-order valence-corrected chi connectivity index (χ0v) is 8.55. The zero-order valence-electron chi connectivity index (χ0n) is 7.73. The first-order chi connectivity index (χ1) is 6.10.